The van der Waals surface area contributed by atoms with E-state index < -0.39 is 0 Å². The van der Waals surface area contributed by atoms with Gasteiger partial charge >= 0.3 is 0 Å². The van der Waals surface area contributed by atoms with Crippen molar-refractivity contribution in [1.82, 2.24) is 4.98 Å². The Balaban J connectivity index is 2.09. The first-order valence-corrected chi connectivity index (χ1v) is 7.42. The monoisotopic (exact) mass is 269 g/mol. The van der Waals surface area contributed by atoms with E-state index in [0.717, 1.165) is 30.9 Å². The largest absolute Gasteiger partial charge is 0.494 e. The third-order valence-electron chi connectivity index (χ3n) is 3.55. The van der Waals surface area contributed by atoms with Crippen LogP contribution in [0.15, 0.2) is 42.6 Å². The molecule has 2 nitrogen and oxygen atoms in total. The second kappa shape index (κ2) is 7.09. The van der Waals surface area contributed by atoms with Crippen LogP contribution in [0, 0.1) is 0 Å². The van der Waals surface area contributed by atoms with Crippen LogP contribution in [0.4, 0.5) is 0 Å². The average molecular weight is 269 g/mol. The summed E-state index contributed by atoms with van der Waals surface area (Å²) in [5, 5.41) is 0. The summed E-state index contributed by atoms with van der Waals surface area (Å²) in [5.41, 5.74) is 3.67. The van der Waals surface area contributed by atoms with Crippen LogP contribution in [-0.4, -0.2) is 11.6 Å². The van der Waals surface area contributed by atoms with E-state index in [1.807, 2.05) is 18.3 Å². The summed E-state index contributed by atoms with van der Waals surface area (Å²) >= 11 is 0. The molecule has 106 valence electrons. The van der Waals surface area contributed by atoms with Gasteiger partial charge in [-0.25, -0.2) is 0 Å². The van der Waals surface area contributed by atoms with Crippen LogP contribution in [0.25, 0.3) is 0 Å². The van der Waals surface area contributed by atoms with Crippen molar-refractivity contribution in [2.45, 2.75) is 39.5 Å². The number of benzene rings is 1. The fraction of sp³-hybridized carbons (Fsp3) is 0.389. The molecule has 0 saturated heterocycles. The number of aryl methyl sites for hydroxylation is 1. The van der Waals surface area contributed by atoms with Gasteiger partial charge in [-0.2, -0.15) is 0 Å². The summed E-state index contributed by atoms with van der Waals surface area (Å²) in [7, 11) is 0. The quantitative estimate of drug-likeness (QED) is 0.765. The van der Waals surface area contributed by atoms with Crippen molar-refractivity contribution in [1.29, 1.82) is 0 Å². The van der Waals surface area contributed by atoms with Crippen LogP contribution in [0.2, 0.25) is 0 Å². The molecule has 0 aliphatic rings. The van der Waals surface area contributed by atoms with E-state index in [-0.39, 0.29) is 0 Å². The molecular formula is C18H23NO. The van der Waals surface area contributed by atoms with E-state index >= 15 is 0 Å². The molecule has 0 N–H and O–H groups in total. The Bertz CT molecular complexity index is 516. The Hall–Kier alpha value is -1.83. The van der Waals surface area contributed by atoms with Crippen molar-refractivity contribution in [3.63, 3.8) is 0 Å². The van der Waals surface area contributed by atoms with E-state index in [1.54, 1.807) is 0 Å². The van der Waals surface area contributed by atoms with Crippen molar-refractivity contribution in [3.8, 4) is 5.75 Å². The molecule has 1 heterocycles. The molecule has 1 aromatic heterocycles. The lowest BCUT2D eigenvalue weighted by Gasteiger charge is -2.13. The van der Waals surface area contributed by atoms with E-state index in [0.29, 0.717) is 5.92 Å². The highest BCUT2D eigenvalue weighted by molar-refractivity contribution is 5.33. The van der Waals surface area contributed by atoms with Gasteiger partial charge in [-0.1, -0.05) is 39.0 Å². The predicted molar refractivity (Wildman–Crippen MR) is 83.4 cm³/mol. The summed E-state index contributed by atoms with van der Waals surface area (Å²) in [6.45, 7) is 7.22. The number of hydrogen-bond acceptors (Lipinski definition) is 2. The molecule has 0 radical (unpaired) electrons. The van der Waals surface area contributed by atoms with Crippen LogP contribution < -0.4 is 4.74 Å². The normalized spacial score (nSPS) is 12.2. The Morgan fingerprint density at radius 1 is 1.05 bits per heavy atom. The zero-order valence-electron chi connectivity index (χ0n) is 12.6. The summed E-state index contributed by atoms with van der Waals surface area (Å²) in [6.07, 6.45) is 4.04. The topological polar surface area (TPSA) is 22.1 Å². The maximum absolute atomic E-state index is 5.61. The molecule has 2 heteroatoms. The van der Waals surface area contributed by atoms with Crippen molar-refractivity contribution in [2.75, 3.05) is 6.61 Å². The van der Waals surface area contributed by atoms with Gasteiger partial charge in [0.1, 0.15) is 5.75 Å². The van der Waals surface area contributed by atoms with Crippen molar-refractivity contribution < 1.29 is 4.74 Å². The van der Waals surface area contributed by atoms with E-state index in [4.69, 9.17) is 4.74 Å². The molecule has 1 aromatic carbocycles. The van der Waals surface area contributed by atoms with Gasteiger partial charge in [-0.3, -0.25) is 4.98 Å². The first kappa shape index (κ1) is 14.6. The van der Waals surface area contributed by atoms with E-state index in [9.17, 15) is 0 Å². The minimum absolute atomic E-state index is 0.307. The maximum atomic E-state index is 5.61. The number of hydrogen-bond donors (Lipinski definition) is 0. The van der Waals surface area contributed by atoms with Gasteiger partial charge in [0, 0.05) is 17.8 Å². The molecule has 0 fully saturated rings. The summed E-state index contributed by atoms with van der Waals surface area (Å²) < 4.78 is 5.61. The second-order valence-electron chi connectivity index (χ2n) is 5.08. The van der Waals surface area contributed by atoms with Gasteiger partial charge in [0.2, 0.25) is 0 Å². The molecular weight excluding hydrogens is 246 g/mol. The predicted octanol–water partition coefficient (Wildman–Crippen LogP) is 4.58. The number of rotatable bonds is 6. The van der Waals surface area contributed by atoms with Gasteiger partial charge in [-0.15, -0.1) is 0 Å². The minimum atomic E-state index is 0.307. The molecule has 1 unspecified atom stereocenters. The minimum Gasteiger partial charge on any atom is -0.494 e. The smallest absolute Gasteiger partial charge is 0.119 e. The molecule has 0 aliphatic heterocycles. The average Bonchev–Trinajstić information content (AvgIpc) is 2.53. The van der Waals surface area contributed by atoms with Gasteiger partial charge in [0.05, 0.1) is 6.61 Å². The molecule has 0 bridgehead atoms. The van der Waals surface area contributed by atoms with Gasteiger partial charge in [0.25, 0.3) is 0 Å². The molecule has 0 amide bonds. The molecule has 0 spiro atoms. The van der Waals surface area contributed by atoms with Gasteiger partial charge in [-0.05, 0) is 42.2 Å². The fourth-order valence-electron chi connectivity index (χ4n) is 2.14. The molecule has 2 aromatic rings. The SMILES string of the molecule is CCCOc1ccc(C(C)c2ccc(CC)cn2)cc1. The van der Waals surface area contributed by atoms with Crippen LogP contribution in [0.3, 0.4) is 0 Å². The zero-order valence-corrected chi connectivity index (χ0v) is 12.6. The van der Waals surface area contributed by atoms with Gasteiger partial charge in [0.15, 0.2) is 0 Å². The number of pyridine rings is 1. The number of aromatic nitrogens is 1. The standard InChI is InChI=1S/C18H23NO/c1-4-12-20-17-9-7-16(8-10-17)14(3)18-11-6-15(5-2)13-19-18/h6-11,13-14H,4-5,12H2,1-3H3. The summed E-state index contributed by atoms with van der Waals surface area (Å²) in [6, 6.07) is 12.6. The van der Waals surface area contributed by atoms with E-state index in [1.165, 1.54) is 11.1 Å². The van der Waals surface area contributed by atoms with Crippen LogP contribution in [0.5, 0.6) is 5.75 Å². The number of nitrogens with zero attached hydrogens (tertiary/aromatic N) is 1. The van der Waals surface area contributed by atoms with Crippen LogP contribution in [-0.2, 0) is 6.42 Å². The Kier molecular flexibility index (Phi) is 5.16. The Morgan fingerprint density at radius 3 is 2.35 bits per heavy atom. The van der Waals surface area contributed by atoms with Crippen molar-refractivity contribution in [3.05, 3.63) is 59.4 Å². The third-order valence-corrected chi connectivity index (χ3v) is 3.55. The molecule has 2 rings (SSSR count). The van der Waals surface area contributed by atoms with Crippen LogP contribution in [0.1, 0.15) is 49.9 Å². The molecule has 20 heavy (non-hydrogen) atoms. The number of ether oxygens (including phenoxy) is 1. The van der Waals surface area contributed by atoms with Crippen molar-refractivity contribution in [2.24, 2.45) is 0 Å². The summed E-state index contributed by atoms with van der Waals surface area (Å²) in [5.74, 6) is 1.25. The highest BCUT2D eigenvalue weighted by Gasteiger charge is 2.09. The molecule has 0 saturated carbocycles. The molecule has 0 aliphatic carbocycles. The summed E-state index contributed by atoms with van der Waals surface area (Å²) in [4.78, 5) is 4.57. The van der Waals surface area contributed by atoms with Gasteiger partial charge < -0.3 is 4.74 Å². The lowest BCUT2D eigenvalue weighted by molar-refractivity contribution is 0.317. The third kappa shape index (κ3) is 3.60. The second-order valence-corrected chi connectivity index (χ2v) is 5.08. The lowest BCUT2D eigenvalue weighted by Crippen LogP contribution is -2.00. The highest BCUT2D eigenvalue weighted by atomic mass is 16.5. The molecule has 1 atom stereocenters. The van der Waals surface area contributed by atoms with Crippen molar-refractivity contribution >= 4 is 0 Å². The van der Waals surface area contributed by atoms with E-state index in [2.05, 4.69) is 50.0 Å². The fourth-order valence-corrected chi connectivity index (χ4v) is 2.14. The first-order chi connectivity index (χ1) is 9.74. The zero-order chi connectivity index (χ0) is 14.4. The Labute approximate surface area is 121 Å². The van der Waals surface area contributed by atoms with Crippen LogP contribution >= 0.6 is 0 Å². The first-order valence-electron chi connectivity index (χ1n) is 7.42. The lowest BCUT2D eigenvalue weighted by atomic mass is 9.97. The maximum Gasteiger partial charge on any atom is 0.119 e. The highest BCUT2D eigenvalue weighted by Crippen LogP contribution is 2.24. The Morgan fingerprint density at radius 2 is 1.80 bits per heavy atom.